The summed E-state index contributed by atoms with van der Waals surface area (Å²) in [6, 6.07) is 6.16. The van der Waals surface area contributed by atoms with Gasteiger partial charge in [0.25, 0.3) is 0 Å². The normalized spacial score (nSPS) is 11.5. The van der Waals surface area contributed by atoms with Crippen LogP contribution in [0.3, 0.4) is 0 Å². The molecule has 0 amide bonds. The van der Waals surface area contributed by atoms with Crippen molar-refractivity contribution in [1.82, 2.24) is 25.0 Å². The van der Waals surface area contributed by atoms with Crippen LogP contribution in [-0.2, 0) is 0 Å². The van der Waals surface area contributed by atoms with Crippen molar-refractivity contribution in [1.29, 1.82) is 0 Å². The maximum Gasteiger partial charge on any atom is 0.188 e. The molecule has 0 saturated carbocycles. The monoisotopic (exact) mass is 365 g/mol. The summed E-state index contributed by atoms with van der Waals surface area (Å²) in [4.78, 5) is 8.49. The Morgan fingerprint density at radius 3 is 2.67 bits per heavy atom. The molecule has 2 heterocycles. The van der Waals surface area contributed by atoms with Crippen LogP contribution in [0.1, 0.15) is 31.2 Å². The minimum Gasteiger partial charge on any atom is -0.219 e. The van der Waals surface area contributed by atoms with Gasteiger partial charge in [0, 0.05) is 4.47 Å². The van der Waals surface area contributed by atoms with E-state index in [2.05, 4.69) is 62.2 Å². The van der Waals surface area contributed by atoms with Crippen LogP contribution in [0.4, 0.5) is 0 Å². The highest BCUT2D eigenvalue weighted by atomic mass is 79.9. The molecule has 0 bridgehead atoms. The summed E-state index contributed by atoms with van der Waals surface area (Å²) in [7, 11) is 0. The molecule has 3 aromatic rings. The van der Waals surface area contributed by atoms with Gasteiger partial charge in [-0.15, -0.1) is 5.10 Å². The number of benzene rings is 1. The summed E-state index contributed by atoms with van der Waals surface area (Å²) in [5, 5.41) is 8.54. The third-order valence-electron chi connectivity index (χ3n) is 3.24. The van der Waals surface area contributed by atoms with Gasteiger partial charge < -0.3 is 0 Å². The molecule has 0 saturated heterocycles. The van der Waals surface area contributed by atoms with E-state index < -0.39 is 0 Å². The zero-order chi connectivity index (χ0) is 15.1. The lowest BCUT2D eigenvalue weighted by molar-refractivity contribution is 0.808. The first-order valence-corrected chi connectivity index (χ1v) is 7.70. The van der Waals surface area contributed by atoms with Gasteiger partial charge in [-0.3, -0.25) is 0 Å². The summed E-state index contributed by atoms with van der Waals surface area (Å²) >= 11 is 9.69. The average Bonchev–Trinajstić information content (AvgIpc) is 2.82. The Labute approximate surface area is 135 Å². The molecule has 0 unspecified atom stereocenters. The van der Waals surface area contributed by atoms with E-state index in [0.29, 0.717) is 28.1 Å². The molecule has 0 fully saturated rings. The van der Waals surface area contributed by atoms with Crippen molar-refractivity contribution in [3.05, 3.63) is 39.2 Å². The molecule has 0 atom stereocenters. The largest absolute Gasteiger partial charge is 0.219 e. The Hall–Kier alpha value is -1.53. The molecule has 0 N–H and O–H groups in total. The molecule has 3 rings (SSSR count). The lowest BCUT2D eigenvalue weighted by atomic mass is 10.0. The maximum atomic E-state index is 6.09. The first-order chi connectivity index (χ1) is 9.97. The summed E-state index contributed by atoms with van der Waals surface area (Å²) < 4.78 is 2.61. The van der Waals surface area contributed by atoms with E-state index in [1.54, 1.807) is 11.6 Å². The smallest absolute Gasteiger partial charge is 0.188 e. The van der Waals surface area contributed by atoms with E-state index in [0.717, 1.165) is 10.2 Å². The highest BCUT2D eigenvalue weighted by molar-refractivity contribution is 9.10. The minimum absolute atomic E-state index is 0.318. The number of rotatable bonds is 2. The molecule has 1 aromatic carbocycles. The Morgan fingerprint density at radius 2 is 2.00 bits per heavy atom. The zero-order valence-corrected chi connectivity index (χ0v) is 14.1. The van der Waals surface area contributed by atoms with Gasteiger partial charge in [0.1, 0.15) is 5.82 Å². The van der Waals surface area contributed by atoms with Crippen molar-refractivity contribution in [2.45, 2.75) is 26.7 Å². The highest BCUT2D eigenvalue weighted by Crippen LogP contribution is 2.28. The number of halogens is 2. The molecule has 0 spiro atoms. The summed E-state index contributed by atoms with van der Waals surface area (Å²) in [5.74, 6) is 1.05. The van der Waals surface area contributed by atoms with E-state index in [1.165, 1.54) is 5.56 Å². The van der Waals surface area contributed by atoms with Crippen LogP contribution in [-0.4, -0.2) is 25.0 Å². The van der Waals surface area contributed by atoms with Crippen molar-refractivity contribution in [2.75, 3.05) is 0 Å². The summed E-state index contributed by atoms with van der Waals surface area (Å²) in [6.45, 7) is 6.10. The van der Waals surface area contributed by atoms with Gasteiger partial charge in [0.15, 0.2) is 16.3 Å². The van der Waals surface area contributed by atoms with Crippen LogP contribution in [0.15, 0.2) is 22.7 Å². The molecule has 0 aliphatic heterocycles. The first kappa shape index (κ1) is 14.4. The number of fused-ring (bicyclic) bond motifs is 1. The molecule has 108 valence electrons. The van der Waals surface area contributed by atoms with Gasteiger partial charge in [0.2, 0.25) is 0 Å². The molecular weight excluding hydrogens is 354 g/mol. The first-order valence-electron chi connectivity index (χ1n) is 6.52. The number of aryl methyl sites for hydroxylation is 1. The quantitative estimate of drug-likeness (QED) is 0.642. The predicted octanol–water partition coefficient (Wildman–Crippen LogP) is 4.06. The molecule has 0 aliphatic rings. The molecule has 2 aromatic heterocycles. The van der Waals surface area contributed by atoms with Crippen molar-refractivity contribution in [3.63, 3.8) is 0 Å². The second kappa shape index (κ2) is 5.35. The van der Waals surface area contributed by atoms with Crippen molar-refractivity contribution < 1.29 is 0 Å². The topological polar surface area (TPSA) is 56.5 Å². The van der Waals surface area contributed by atoms with Crippen molar-refractivity contribution in [2.24, 2.45) is 0 Å². The molecule has 7 heteroatoms. The maximum absolute atomic E-state index is 6.09. The summed E-state index contributed by atoms with van der Waals surface area (Å²) in [6.07, 6.45) is 0. The van der Waals surface area contributed by atoms with Crippen molar-refractivity contribution >= 4 is 38.7 Å². The van der Waals surface area contributed by atoms with Crippen LogP contribution in [0, 0.1) is 6.92 Å². The Morgan fingerprint density at radius 1 is 1.24 bits per heavy atom. The third kappa shape index (κ3) is 2.53. The number of aromatic nitrogens is 5. The van der Waals surface area contributed by atoms with Gasteiger partial charge in [0.05, 0.1) is 5.69 Å². The molecule has 21 heavy (non-hydrogen) atoms. The van der Waals surface area contributed by atoms with Gasteiger partial charge in [-0.1, -0.05) is 36.7 Å². The Balaban J connectivity index is 2.21. The van der Waals surface area contributed by atoms with Gasteiger partial charge >= 0.3 is 0 Å². The average molecular weight is 367 g/mol. The highest BCUT2D eigenvalue weighted by Gasteiger charge is 2.15. The van der Waals surface area contributed by atoms with Gasteiger partial charge in [-0.25, -0.2) is 9.97 Å². The van der Waals surface area contributed by atoms with E-state index in [4.69, 9.17) is 11.6 Å². The van der Waals surface area contributed by atoms with Gasteiger partial charge in [-0.05, 0) is 46.5 Å². The van der Waals surface area contributed by atoms with Gasteiger partial charge in [-0.2, -0.15) is 4.68 Å². The van der Waals surface area contributed by atoms with Crippen LogP contribution in [0.2, 0.25) is 5.15 Å². The SMILES string of the molecule is Cc1nc(Cl)c2nnn(-c3ccc(C(C)C)cc3Br)c2n1. The van der Waals surface area contributed by atoms with Crippen molar-refractivity contribution in [3.8, 4) is 5.69 Å². The van der Waals surface area contributed by atoms with Crippen LogP contribution in [0.5, 0.6) is 0 Å². The Kier molecular flexibility index (Phi) is 3.67. The summed E-state index contributed by atoms with van der Waals surface area (Å²) in [5.41, 5.74) is 3.22. The molecule has 0 aliphatic carbocycles. The standard InChI is InChI=1S/C14H13BrClN5/c1-7(2)9-4-5-11(10(15)6-9)21-14-12(19-20-21)13(16)17-8(3)18-14/h4-7H,1-3H3. The molecular formula is C14H13BrClN5. The van der Waals surface area contributed by atoms with Crippen LogP contribution in [0.25, 0.3) is 16.9 Å². The fourth-order valence-electron chi connectivity index (χ4n) is 2.10. The fraction of sp³-hybridized carbons (Fsp3) is 0.286. The lowest BCUT2D eigenvalue weighted by Gasteiger charge is -2.09. The second-order valence-corrected chi connectivity index (χ2v) is 6.31. The zero-order valence-electron chi connectivity index (χ0n) is 11.8. The fourth-order valence-corrected chi connectivity index (χ4v) is 2.91. The number of nitrogens with zero attached hydrogens (tertiary/aromatic N) is 5. The van der Waals surface area contributed by atoms with E-state index >= 15 is 0 Å². The second-order valence-electron chi connectivity index (χ2n) is 5.10. The lowest BCUT2D eigenvalue weighted by Crippen LogP contribution is -2.01. The Bertz CT molecular complexity index is 828. The third-order valence-corrected chi connectivity index (χ3v) is 4.13. The van der Waals surface area contributed by atoms with E-state index in [1.807, 2.05) is 6.07 Å². The number of hydrogen-bond donors (Lipinski definition) is 0. The van der Waals surface area contributed by atoms with Crippen LogP contribution >= 0.6 is 27.5 Å². The van der Waals surface area contributed by atoms with E-state index in [9.17, 15) is 0 Å². The van der Waals surface area contributed by atoms with E-state index in [-0.39, 0.29) is 0 Å². The molecule has 0 radical (unpaired) electrons. The minimum atomic E-state index is 0.318. The van der Waals surface area contributed by atoms with Crippen LogP contribution < -0.4 is 0 Å². The molecule has 5 nitrogen and oxygen atoms in total. The number of hydrogen-bond acceptors (Lipinski definition) is 4. The predicted molar refractivity (Wildman–Crippen MR) is 86.0 cm³/mol.